The Balaban J connectivity index is 2.04. The highest BCUT2D eigenvalue weighted by Crippen LogP contribution is 2.23. The van der Waals surface area contributed by atoms with Crippen LogP contribution in [0.1, 0.15) is 36.0 Å². The number of carbonyl (C=O) groups excluding carboxylic acids is 1. The van der Waals surface area contributed by atoms with E-state index in [2.05, 4.69) is 0 Å². The zero-order valence-corrected chi connectivity index (χ0v) is 9.17. The highest BCUT2D eigenvalue weighted by Gasteiger charge is 2.21. The fourth-order valence-electron chi connectivity index (χ4n) is 1.85. The van der Waals surface area contributed by atoms with E-state index in [1.807, 2.05) is 0 Å². The number of carbonyl (C=O) groups is 1. The van der Waals surface area contributed by atoms with Crippen LogP contribution in [-0.2, 0) is 4.74 Å². The van der Waals surface area contributed by atoms with Gasteiger partial charge in [0.25, 0.3) is 0 Å². The molecule has 0 radical (unpaired) electrons. The molecule has 3 heteroatoms. The van der Waals surface area contributed by atoms with Crippen LogP contribution in [0.15, 0.2) is 24.3 Å². The Morgan fingerprint density at radius 2 is 1.93 bits per heavy atom. The van der Waals surface area contributed by atoms with Crippen molar-refractivity contribution in [3.63, 3.8) is 0 Å². The van der Waals surface area contributed by atoms with Crippen LogP contribution >= 0.6 is 11.6 Å². The van der Waals surface area contributed by atoms with E-state index in [1.54, 1.807) is 24.3 Å². The molecule has 0 saturated heterocycles. The second kappa shape index (κ2) is 4.67. The number of ether oxygens (including phenoxy) is 1. The lowest BCUT2D eigenvalue weighted by Gasteiger charge is -2.11. The zero-order valence-electron chi connectivity index (χ0n) is 8.41. The second-order valence-electron chi connectivity index (χ2n) is 3.79. The minimum absolute atomic E-state index is 0.0915. The van der Waals surface area contributed by atoms with E-state index in [9.17, 15) is 4.79 Å². The molecule has 0 aliphatic heterocycles. The summed E-state index contributed by atoms with van der Waals surface area (Å²) in [6, 6.07) is 6.98. The van der Waals surface area contributed by atoms with E-state index in [-0.39, 0.29) is 12.1 Å². The summed E-state index contributed by atoms with van der Waals surface area (Å²) in [5.41, 5.74) is 0.464. The molecule has 80 valence electrons. The number of esters is 1. The fraction of sp³-hybridized carbons (Fsp3) is 0.417. The van der Waals surface area contributed by atoms with Crippen molar-refractivity contribution in [3.8, 4) is 0 Å². The Morgan fingerprint density at radius 3 is 2.60 bits per heavy atom. The monoisotopic (exact) mass is 224 g/mol. The molecule has 1 aromatic carbocycles. The SMILES string of the molecule is O=C(OC1CCCC1)c1ccccc1Cl. The minimum Gasteiger partial charge on any atom is -0.459 e. The average Bonchev–Trinajstić information content (AvgIpc) is 2.71. The summed E-state index contributed by atoms with van der Waals surface area (Å²) in [5, 5.41) is 0.459. The van der Waals surface area contributed by atoms with Gasteiger partial charge in [-0.05, 0) is 37.8 Å². The highest BCUT2D eigenvalue weighted by atomic mass is 35.5. The Hall–Kier alpha value is -1.02. The van der Waals surface area contributed by atoms with Crippen LogP contribution in [0.25, 0.3) is 0 Å². The number of rotatable bonds is 2. The van der Waals surface area contributed by atoms with Gasteiger partial charge in [0.05, 0.1) is 10.6 Å². The molecule has 1 aliphatic carbocycles. The van der Waals surface area contributed by atoms with E-state index in [0.717, 1.165) is 25.7 Å². The lowest BCUT2D eigenvalue weighted by atomic mass is 10.2. The van der Waals surface area contributed by atoms with Crippen LogP contribution in [0, 0.1) is 0 Å². The van der Waals surface area contributed by atoms with E-state index >= 15 is 0 Å². The molecule has 0 amide bonds. The predicted molar refractivity (Wildman–Crippen MR) is 59.1 cm³/mol. The molecule has 1 saturated carbocycles. The quantitative estimate of drug-likeness (QED) is 0.720. The van der Waals surface area contributed by atoms with Gasteiger partial charge < -0.3 is 4.74 Å². The van der Waals surface area contributed by atoms with Crippen molar-refractivity contribution in [1.82, 2.24) is 0 Å². The third-order valence-corrected chi connectivity index (χ3v) is 3.00. The molecule has 0 unspecified atom stereocenters. The van der Waals surface area contributed by atoms with Gasteiger partial charge in [0.1, 0.15) is 6.10 Å². The maximum Gasteiger partial charge on any atom is 0.339 e. The zero-order chi connectivity index (χ0) is 10.7. The first-order valence-electron chi connectivity index (χ1n) is 5.23. The van der Waals surface area contributed by atoms with Crippen LogP contribution in [0.2, 0.25) is 5.02 Å². The van der Waals surface area contributed by atoms with Gasteiger partial charge in [-0.1, -0.05) is 23.7 Å². The Kier molecular flexibility index (Phi) is 3.27. The van der Waals surface area contributed by atoms with E-state index < -0.39 is 0 Å². The Morgan fingerprint density at radius 1 is 1.27 bits per heavy atom. The molecule has 1 aliphatic rings. The summed E-state index contributed by atoms with van der Waals surface area (Å²) in [6.07, 6.45) is 4.36. The summed E-state index contributed by atoms with van der Waals surface area (Å²) in [6.45, 7) is 0. The third-order valence-electron chi connectivity index (χ3n) is 2.67. The first kappa shape index (κ1) is 10.5. The van der Waals surface area contributed by atoms with Crippen molar-refractivity contribution in [2.45, 2.75) is 31.8 Å². The van der Waals surface area contributed by atoms with E-state index in [0.29, 0.717) is 10.6 Å². The molecule has 2 nitrogen and oxygen atoms in total. The van der Waals surface area contributed by atoms with Crippen LogP contribution in [-0.4, -0.2) is 12.1 Å². The van der Waals surface area contributed by atoms with Gasteiger partial charge >= 0.3 is 5.97 Å². The third kappa shape index (κ3) is 2.51. The molecule has 0 spiro atoms. The molecule has 2 rings (SSSR count). The predicted octanol–water partition coefficient (Wildman–Crippen LogP) is 3.44. The Bertz CT molecular complexity index is 356. The number of benzene rings is 1. The van der Waals surface area contributed by atoms with Crippen molar-refractivity contribution >= 4 is 17.6 Å². The van der Waals surface area contributed by atoms with Crippen molar-refractivity contribution in [1.29, 1.82) is 0 Å². The van der Waals surface area contributed by atoms with Crippen LogP contribution in [0.3, 0.4) is 0 Å². The molecular formula is C12H13ClO2. The van der Waals surface area contributed by atoms with Crippen molar-refractivity contribution < 1.29 is 9.53 Å². The minimum atomic E-state index is -0.299. The number of halogens is 1. The maximum atomic E-state index is 11.7. The van der Waals surface area contributed by atoms with Gasteiger partial charge in [-0.3, -0.25) is 0 Å². The molecule has 1 aromatic rings. The number of hydrogen-bond donors (Lipinski definition) is 0. The number of hydrogen-bond acceptors (Lipinski definition) is 2. The van der Waals surface area contributed by atoms with E-state index in [4.69, 9.17) is 16.3 Å². The van der Waals surface area contributed by atoms with Gasteiger partial charge in [0.15, 0.2) is 0 Å². The Labute approximate surface area is 94.2 Å². The van der Waals surface area contributed by atoms with Crippen molar-refractivity contribution in [2.24, 2.45) is 0 Å². The fourth-order valence-corrected chi connectivity index (χ4v) is 2.06. The summed E-state index contributed by atoms with van der Waals surface area (Å²) in [7, 11) is 0. The summed E-state index contributed by atoms with van der Waals surface area (Å²) in [5.74, 6) is -0.299. The standard InChI is InChI=1S/C12H13ClO2/c13-11-8-4-3-7-10(11)12(14)15-9-5-1-2-6-9/h3-4,7-9H,1-2,5-6H2. The highest BCUT2D eigenvalue weighted by molar-refractivity contribution is 6.33. The van der Waals surface area contributed by atoms with Gasteiger partial charge in [-0.2, -0.15) is 0 Å². The molecule has 0 aromatic heterocycles. The largest absolute Gasteiger partial charge is 0.459 e. The van der Waals surface area contributed by atoms with Crippen molar-refractivity contribution in [2.75, 3.05) is 0 Å². The summed E-state index contributed by atoms with van der Waals surface area (Å²) in [4.78, 5) is 11.7. The van der Waals surface area contributed by atoms with Gasteiger partial charge in [-0.25, -0.2) is 4.79 Å². The first-order valence-corrected chi connectivity index (χ1v) is 5.60. The molecular weight excluding hydrogens is 212 g/mol. The summed E-state index contributed by atoms with van der Waals surface area (Å²) >= 11 is 5.90. The topological polar surface area (TPSA) is 26.3 Å². The first-order chi connectivity index (χ1) is 7.27. The normalized spacial score (nSPS) is 16.6. The lowest BCUT2D eigenvalue weighted by molar-refractivity contribution is 0.0318. The molecule has 0 bridgehead atoms. The molecule has 0 heterocycles. The molecule has 1 fully saturated rings. The van der Waals surface area contributed by atoms with Crippen molar-refractivity contribution in [3.05, 3.63) is 34.9 Å². The maximum absolute atomic E-state index is 11.7. The molecule has 0 N–H and O–H groups in total. The van der Waals surface area contributed by atoms with Gasteiger partial charge in [-0.15, -0.1) is 0 Å². The molecule has 15 heavy (non-hydrogen) atoms. The average molecular weight is 225 g/mol. The smallest absolute Gasteiger partial charge is 0.339 e. The lowest BCUT2D eigenvalue weighted by Crippen LogP contribution is -2.14. The van der Waals surface area contributed by atoms with Crippen LogP contribution in [0.5, 0.6) is 0 Å². The van der Waals surface area contributed by atoms with Crippen LogP contribution in [0.4, 0.5) is 0 Å². The van der Waals surface area contributed by atoms with E-state index in [1.165, 1.54) is 0 Å². The molecule has 0 atom stereocenters. The van der Waals surface area contributed by atoms with Gasteiger partial charge in [0.2, 0.25) is 0 Å². The summed E-state index contributed by atoms with van der Waals surface area (Å²) < 4.78 is 5.35. The van der Waals surface area contributed by atoms with Gasteiger partial charge in [0, 0.05) is 0 Å². The van der Waals surface area contributed by atoms with Crippen LogP contribution < -0.4 is 0 Å². The second-order valence-corrected chi connectivity index (χ2v) is 4.20.